The zero-order valence-electron chi connectivity index (χ0n) is 13.6. The summed E-state index contributed by atoms with van der Waals surface area (Å²) in [6.07, 6.45) is 4.73. The van der Waals surface area contributed by atoms with Crippen molar-refractivity contribution in [1.29, 1.82) is 0 Å². The molecule has 0 radical (unpaired) electrons. The summed E-state index contributed by atoms with van der Waals surface area (Å²) in [6.45, 7) is 6.03. The molecule has 2 bridgehead atoms. The standard InChI is InChI=1S/C17H20N4O2/c1-10-6-12(4-5-18-10)13-20-14(23-21-13)11(2)19-15(22)17-7-16(3,8-17)9-17/h4-6,11H,7-9H2,1-3H3,(H,19,22)/t11-,16?,17?/m0/s1. The van der Waals surface area contributed by atoms with Crippen molar-refractivity contribution < 1.29 is 9.32 Å². The minimum Gasteiger partial charge on any atom is -0.344 e. The summed E-state index contributed by atoms with van der Waals surface area (Å²) in [5, 5.41) is 7.03. The van der Waals surface area contributed by atoms with E-state index in [1.807, 2.05) is 26.0 Å². The van der Waals surface area contributed by atoms with Crippen molar-refractivity contribution in [3.05, 3.63) is 29.9 Å². The molecule has 1 amide bonds. The second-order valence-electron chi connectivity index (χ2n) is 7.46. The third-order valence-electron chi connectivity index (χ3n) is 5.09. The van der Waals surface area contributed by atoms with Crippen molar-refractivity contribution in [1.82, 2.24) is 20.4 Å². The maximum absolute atomic E-state index is 12.4. The largest absolute Gasteiger partial charge is 0.344 e. The highest BCUT2D eigenvalue weighted by molar-refractivity contribution is 5.86. The van der Waals surface area contributed by atoms with Crippen LogP contribution in [0.4, 0.5) is 0 Å². The molecule has 0 aromatic carbocycles. The molecule has 1 atom stereocenters. The van der Waals surface area contributed by atoms with E-state index in [2.05, 4.69) is 27.4 Å². The molecule has 2 aromatic heterocycles. The highest BCUT2D eigenvalue weighted by Gasteiger charge is 2.68. The van der Waals surface area contributed by atoms with Crippen LogP contribution < -0.4 is 5.32 Å². The van der Waals surface area contributed by atoms with Crippen LogP contribution in [0.3, 0.4) is 0 Å². The molecule has 23 heavy (non-hydrogen) atoms. The molecule has 0 spiro atoms. The molecule has 3 aliphatic carbocycles. The second kappa shape index (κ2) is 4.63. The van der Waals surface area contributed by atoms with Crippen LogP contribution in [0.5, 0.6) is 0 Å². The van der Waals surface area contributed by atoms with Crippen LogP contribution in [0.1, 0.15) is 50.7 Å². The molecule has 3 fully saturated rings. The van der Waals surface area contributed by atoms with Gasteiger partial charge in [0, 0.05) is 17.5 Å². The molecule has 5 rings (SSSR count). The smallest absolute Gasteiger partial charge is 0.249 e. The number of carbonyl (C=O) groups is 1. The molecule has 3 aliphatic rings. The van der Waals surface area contributed by atoms with Gasteiger partial charge in [-0.05, 0) is 50.7 Å². The SMILES string of the molecule is Cc1cc(-c2noc([C@H](C)NC(=O)C34CC(C)(C3)C4)n2)ccn1. The summed E-state index contributed by atoms with van der Waals surface area (Å²) in [7, 11) is 0. The molecule has 1 N–H and O–H groups in total. The Balaban J connectivity index is 1.45. The van der Waals surface area contributed by atoms with E-state index in [1.54, 1.807) is 6.20 Å². The lowest BCUT2D eigenvalue weighted by molar-refractivity contribution is -0.200. The fraction of sp³-hybridized carbons (Fsp3) is 0.529. The van der Waals surface area contributed by atoms with E-state index in [-0.39, 0.29) is 17.4 Å². The van der Waals surface area contributed by atoms with Gasteiger partial charge in [0.1, 0.15) is 6.04 Å². The average Bonchev–Trinajstić information content (AvgIpc) is 2.92. The van der Waals surface area contributed by atoms with Crippen LogP contribution in [-0.2, 0) is 4.79 Å². The van der Waals surface area contributed by atoms with Crippen molar-refractivity contribution in [2.75, 3.05) is 0 Å². The highest BCUT2D eigenvalue weighted by atomic mass is 16.5. The fourth-order valence-electron chi connectivity index (χ4n) is 4.16. The Kier molecular flexibility index (Phi) is 2.89. The van der Waals surface area contributed by atoms with Gasteiger partial charge >= 0.3 is 0 Å². The van der Waals surface area contributed by atoms with E-state index in [0.29, 0.717) is 17.1 Å². The van der Waals surface area contributed by atoms with E-state index in [0.717, 1.165) is 30.5 Å². The number of aryl methyl sites for hydroxylation is 1. The second-order valence-corrected chi connectivity index (χ2v) is 7.46. The zero-order chi connectivity index (χ0) is 16.2. The van der Waals surface area contributed by atoms with Crippen LogP contribution in [0.15, 0.2) is 22.9 Å². The Morgan fingerprint density at radius 2 is 2.13 bits per heavy atom. The molecule has 6 nitrogen and oxygen atoms in total. The summed E-state index contributed by atoms with van der Waals surface area (Å²) in [6, 6.07) is 3.46. The first-order valence-corrected chi connectivity index (χ1v) is 7.97. The van der Waals surface area contributed by atoms with E-state index in [9.17, 15) is 4.79 Å². The lowest BCUT2D eigenvalue weighted by atomic mass is 9.35. The molecule has 6 heteroatoms. The normalized spacial score (nSPS) is 29.3. The van der Waals surface area contributed by atoms with Crippen LogP contribution in [-0.4, -0.2) is 21.0 Å². The number of hydrogen-bond donors (Lipinski definition) is 1. The Morgan fingerprint density at radius 1 is 1.39 bits per heavy atom. The first-order chi connectivity index (χ1) is 10.9. The van der Waals surface area contributed by atoms with E-state index in [4.69, 9.17) is 4.52 Å². The van der Waals surface area contributed by atoms with Gasteiger partial charge in [-0.1, -0.05) is 12.1 Å². The molecular weight excluding hydrogens is 292 g/mol. The lowest BCUT2D eigenvalue weighted by Crippen LogP contribution is -2.66. The van der Waals surface area contributed by atoms with Gasteiger partial charge in [-0.3, -0.25) is 9.78 Å². The maximum Gasteiger partial charge on any atom is 0.249 e. The van der Waals surface area contributed by atoms with Crippen molar-refractivity contribution in [2.45, 2.75) is 46.1 Å². The Hall–Kier alpha value is -2.24. The minimum absolute atomic E-state index is 0.119. The van der Waals surface area contributed by atoms with Crippen molar-refractivity contribution >= 4 is 5.91 Å². The molecule has 2 heterocycles. The van der Waals surface area contributed by atoms with Gasteiger partial charge in [-0.25, -0.2) is 0 Å². The van der Waals surface area contributed by atoms with Crippen molar-refractivity contribution in [2.24, 2.45) is 10.8 Å². The zero-order valence-corrected chi connectivity index (χ0v) is 13.6. The first-order valence-electron chi connectivity index (χ1n) is 7.97. The quantitative estimate of drug-likeness (QED) is 0.939. The monoisotopic (exact) mass is 312 g/mol. The van der Waals surface area contributed by atoms with E-state index in [1.165, 1.54) is 0 Å². The summed E-state index contributed by atoms with van der Waals surface area (Å²) < 4.78 is 5.32. The number of pyridine rings is 1. The van der Waals surface area contributed by atoms with Gasteiger partial charge in [0.15, 0.2) is 0 Å². The predicted octanol–water partition coefficient (Wildman–Crippen LogP) is 2.81. The van der Waals surface area contributed by atoms with Gasteiger partial charge in [0.05, 0.1) is 5.41 Å². The molecule has 0 unspecified atom stereocenters. The van der Waals surface area contributed by atoms with E-state index >= 15 is 0 Å². The number of rotatable bonds is 4. The molecule has 2 aromatic rings. The van der Waals surface area contributed by atoms with Crippen LogP contribution >= 0.6 is 0 Å². The molecular formula is C17H20N4O2. The molecule has 0 saturated heterocycles. The topological polar surface area (TPSA) is 80.9 Å². The Bertz CT molecular complexity index is 763. The Labute approximate surface area is 134 Å². The van der Waals surface area contributed by atoms with Gasteiger partial charge in [0.25, 0.3) is 0 Å². The number of amides is 1. The number of nitrogens with one attached hydrogen (secondary N) is 1. The Morgan fingerprint density at radius 3 is 2.78 bits per heavy atom. The first kappa shape index (κ1) is 14.4. The summed E-state index contributed by atoms with van der Waals surface area (Å²) >= 11 is 0. The summed E-state index contributed by atoms with van der Waals surface area (Å²) in [5.41, 5.74) is 2.04. The van der Waals surface area contributed by atoms with Crippen molar-refractivity contribution in [3.8, 4) is 11.4 Å². The van der Waals surface area contributed by atoms with Gasteiger partial charge < -0.3 is 9.84 Å². The third-order valence-corrected chi connectivity index (χ3v) is 5.09. The van der Waals surface area contributed by atoms with Crippen LogP contribution in [0, 0.1) is 17.8 Å². The summed E-state index contributed by atoms with van der Waals surface area (Å²) in [4.78, 5) is 21.0. The van der Waals surface area contributed by atoms with Crippen molar-refractivity contribution in [3.63, 3.8) is 0 Å². The number of hydrogen-bond acceptors (Lipinski definition) is 5. The number of carbonyl (C=O) groups excluding carboxylic acids is 1. The number of aromatic nitrogens is 3. The average molecular weight is 312 g/mol. The fourth-order valence-corrected chi connectivity index (χ4v) is 4.16. The van der Waals surface area contributed by atoms with Gasteiger partial charge in [0.2, 0.25) is 17.6 Å². The lowest BCUT2D eigenvalue weighted by Gasteiger charge is -2.68. The number of nitrogens with zero attached hydrogens (tertiary/aromatic N) is 3. The van der Waals surface area contributed by atoms with E-state index < -0.39 is 0 Å². The predicted molar refractivity (Wildman–Crippen MR) is 83.2 cm³/mol. The summed E-state index contributed by atoms with van der Waals surface area (Å²) in [5.74, 6) is 1.07. The van der Waals surface area contributed by atoms with Crippen LogP contribution in [0.25, 0.3) is 11.4 Å². The minimum atomic E-state index is -0.284. The highest BCUT2D eigenvalue weighted by Crippen LogP contribution is 2.73. The molecule has 0 aliphatic heterocycles. The van der Waals surface area contributed by atoms with Crippen LogP contribution in [0.2, 0.25) is 0 Å². The third kappa shape index (κ3) is 2.24. The maximum atomic E-state index is 12.4. The molecule has 120 valence electrons. The van der Waals surface area contributed by atoms with Gasteiger partial charge in [-0.2, -0.15) is 4.98 Å². The molecule has 3 saturated carbocycles. The van der Waals surface area contributed by atoms with Gasteiger partial charge in [-0.15, -0.1) is 0 Å².